The van der Waals surface area contributed by atoms with E-state index in [2.05, 4.69) is 5.32 Å². The van der Waals surface area contributed by atoms with Crippen LogP contribution in [0.5, 0.6) is 0 Å². The monoisotopic (exact) mass is 415 g/mol. The summed E-state index contributed by atoms with van der Waals surface area (Å²) >= 11 is 11.5. The Kier molecular flexibility index (Phi) is 6.65. The van der Waals surface area contributed by atoms with Gasteiger partial charge in [0.25, 0.3) is 5.91 Å². The summed E-state index contributed by atoms with van der Waals surface area (Å²) in [7, 11) is 0. The molecule has 1 saturated heterocycles. The second kappa shape index (κ2) is 9.17. The number of carbonyl (C=O) groups is 2. The molecule has 5 nitrogen and oxygen atoms in total. The number of halogens is 1. The average Bonchev–Trinajstić information content (AvgIpc) is 2.91. The van der Waals surface area contributed by atoms with Gasteiger partial charge in [0.1, 0.15) is 6.04 Å². The van der Waals surface area contributed by atoms with E-state index in [1.165, 1.54) is 0 Å². The first kappa shape index (κ1) is 20.3. The highest BCUT2D eigenvalue weighted by Crippen LogP contribution is 2.22. The molecule has 0 aromatic heterocycles. The van der Waals surface area contributed by atoms with E-state index in [1.807, 2.05) is 66.4 Å². The van der Waals surface area contributed by atoms with Crippen LogP contribution in [0.25, 0.3) is 0 Å². The molecule has 0 spiro atoms. The van der Waals surface area contributed by atoms with Gasteiger partial charge in [-0.05, 0) is 55.4 Å². The molecular formula is C21H22ClN3O2S. The Balaban J connectivity index is 1.69. The van der Waals surface area contributed by atoms with E-state index in [0.717, 1.165) is 5.56 Å². The van der Waals surface area contributed by atoms with Gasteiger partial charge in [0.2, 0.25) is 5.91 Å². The molecule has 0 bridgehead atoms. The minimum Gasteiger partial charge on any atom is -0.336 e. The first-order valence-corrected chi connectivity index (χ1v) is 9.99. The molecule has 1 fully saturated rings. The number of nitrogens with one attached hydrogen (secondary N) is 1. The topological polar surface area (TPSA) is 52.7 Å². The van der Waals surface area contributed by atoms with E-state index in [9.17, 15) is 9.59 Å². The standard InChI is InChI=1S/C21H22ClN3O2S/c1-2-24-20(27)18(14-19(26)23-17-6-4-3-5-7-17)25(21(24)28)13-12-15-8-10-16(22)11-9-15/h3-11,18H,2,12-14H2,1H3,(H,23,26)/t18-/m1/s1. The van der Waals surface area contributed by atoms with Crippen LogP contribution < -0.4 is 5.32 Å². The van der Waals surface area contributed by atoms with Crippen molar-refractivity contribution in [3.63, 3.8) is 0 Å². The van der Waals surface area contributed by atoms with Crippen molar-refractivity contribution in [3.8, 4) is 0 Å². The summed E-state index contributed by atoms with van der Waals surface area (Å²) in [5.41, 5.74) is 1.81. The van der Waals surface area contributed by atoms with Crippen LogP contribution in [0.3, 0.4) is 0 Å². The van der Waals surface area contributed by atoms with Gasteiger partial charge in [0.15, 0.2) is 5.11 Å². The maximum atomic E-state index is 12.8. The van der Waals surface area contributed by atoms with Gasteiger partial charge in [-0.15, -0.1) is 0 Å². The molecule has 3 rings (SSSR count). The Morgan fingerprint density at radius 1 is 1.14 bits per heavy atom. The van der Waals surface area contributed by atoms with E-state index in [4.69, 9.17) is 23.8 Å². The van der Waals surface area contributed by atoms with Crippen LogP contribution in [0.4, 0.5) is 5.69 Å². The molecule has 7 heteroatoms. The molecule has 0 radical (unpaired) electrons. The first-order chi connectivity index (χ1) is 13.5. The van der Waals surface area contributed by atoms with Crippen LogP contribution >= 0.6 is 23.8 Å². The summed E-state index contributed by atoms with van der Waals surface area (Å²) < 4.78 is 0. The number of hydrogen-bond acceptors (Lipinski definition) is 3. The van der Waals surface area contributed by atoms with Crippen molar-refractivity contribution in [1.82, 2.24) is 9.80 Å². The van der Waals surface area contributed by atoms with Crippen LogP contribution in [0.2, 0.25) is 5.02 Å². The maximum Gasteiger partial charge on any atom is 0.252 e. The van der Waals surface area contributed by atoms with E-state index >= 15 is 0 Å². The Hall–Kier alpha value is -2.44. The highest BCUT2D eigenvalue weighted by molar-refractivity contribution is 7.80. The highest BCUT2D eigenvalue weighted by Gasteiger charge is 2.42. The zero-order chi connectivity index (χ0) is 20.1. The van der Waals surface area contributed by atoms with Gasteiger partial charge in [-0.3, -0.25) is 14.5 Å². The van der Waals surface area contributed by atoms with Crippen molar-refractivity contribution in [2.45, 2.75) is 25.8 Å². The number of nitrogens with zero attached hydrogens (tertiary/aromatic N) is 2. The number of rotatable bonds is 7. The van der Waals surface area contributed by atoms with E-state index in [1.54, 1.807) is 4.90 Å². The lowest BCUT2D eigenvalue weighted by Crippen LogP contribution is -2.39. The molecule has 28 heavy (non-hydrogen) atoms. The van der Waals surface area contributed by atoms with E-state index < -0.39 is 6.04 Å². The van der Waals surface area contributed by atoms with Crippen molar-refractivity contribution < 1.29 is 9.59 Å². The fourth-order valence-electron chi connectivity index (χ4n) is 3.25. The van der Waals surface area contributed by atoms with Gasteiger partial charge in [-0.25, -0.2) is 0 Å². The van der Waals surface area contributed by atoms with Gasteiger partial charge in [-0.2, -0.15) is 0 Å². The van der Waals surface area contributed by atoms with Crippen LogP contribution in [0, 0.1) is 0 Å². The van der Waals surface area contributed by atoms with Crippen molar-refractivity contribution in [3.05, 3.63) is 65.2 Å². The lowest BCUT2D eigenvalue weighted by atomic mass is 10.1. The Morgan fingerprint density at radius 3 is 2.46 bits per heavy atom. The summed E-state index contributed by atoms with van der Waals surface area (Å²) in [5, 5.41) is 4.01. The van der Waals surface area contributed by atoms with Gasteiger partial charge >= 0.3 is 0 Å². The summed E-state index contributed by atoms with van der Waals surface area (Å²) in [5.74, 6) is -0.325. The minimum atomic E-state index is -0.580. The number of hydrogen-bond donors (Lipinski definition) is 1. The smallest absolute Gasteiger partial charge is 0.252 e. The number of benzene rings is 2. The van der Waals surface area contributed by atoms with Crippen LogP contribution in [-0.4, -0.2) is 45.9 Å². The fraction of sp³-hybridized carbons (Fsp3) is 0.286. The predicted molar refractivity (Wildman–Crippen MR) is 115 cm³/mol. The summed E-state index contributed by atoms with van der Waals surface area (Å²) in [4.78, 5) is 28.7. The minimum absolute atomic E-state index is 0.0605. The van der Waals surface area contributed by atoms with Crippen LogP contribution in [-0.2, 0) is 16.0 Å². The largest absolute Gasteiger partial charge is 0.336 e. The van der Waals surface area contributed by atoms with Gasteiger partial charge in [0.05, 0.1) is 6.42 Å². The van der Waals surface area contributed by atoms with Crippen LogP contribution in [0.15, 0.2) is 54.6 Å². The van der Waals surface area contributed by atoms with Crippen molar-refractivity contribution in [1.29, 1.82) is 0 Å². The molecule has 0 aliphatic carbocycles. The summed E-state index contributed by atoms with van der Waals surface area (Å²) in [6, 6.07) is 16.2. The molecule has 1 heterocycles. The molecule has 1 N–H and O–H groups in total. The quantitative estimate of drug-likeness (QED) is 0.700. The molecular weight excluding hydrogens is 394 g/mol. The molecule has 2 amide bonds. The molecule has 2 aromatic rings. The summed E-state index contributed by atoms with van der Waals surface area (Å²) in [6.45, 7) is 2.94. The number of likely N-dealkylation sites (N-methyl/N-ethyl adjacent to an activating group) is 1. The van der Waals surface area contributed by atoms with Crippen molar-refractivity contribution in [2.24, 2.45) is 0 Å². The molecule has 1 aliphatic heterocycles. The van der Waals surface area contributed by atoms with Crippen molar-refractivity contribution >= 4 is 46.4 Å². The zero-order valence-corrected chi connectivity index (χ0v) is 17.2. The Morgan fingerprint density at radius 2 is 1.82 bits per heavy atom. The lowest BCUT2D eigenvalue weighted by molar-refractivity contribution is -0.130. The molecule has 146 valence electrons. The second-order valence-corrected chi connectivity index (χ2v) is 7.37. The Bertz CT molecular complexity index is 858. The molecule has 2 aromatic carbocycles. The van der Waals surface area contributed by atoms with Gasteiger partial charge in [0, 0.05) is 23.8 Å². The number of carbonyl (C=O) groups excluding carboxylic acids is 2. The SMILES string of the molecule is CCN1C(=O)[C@@H](CC(=O)Nc2ccccc2)N(CCc2ccc(Cl)cc2)C1=S. The first-order valence-electron chi connectivity index (χ1n) is 9.21. The molecule has 0 saturated carbocycles. The zero-order valence-electron chi connectivity index (χ0n) is 15.6. The van der Waals surface area contributed by atoms with Gasteiger partial charge in [-0.1, -0.05) is 41.9 Å². The number of thiocarbonyl (C=S) groups is 1. The third-order valence-electron chi connectivity index (χ3n) is 4.71. The number of anilines is 1. The third-order valence-corrected chi connectivity index (χ3v) is 5.42. The van der Waals surface area contributed by atoms with E-state index in [-0.39, 0.29) is 18.2 Å². The third kappa shape index (κ3) is 4.69. The Labute approximate surface area is 175 Å². The molecule has 1 aliphatic rings. The molecule has 0 unspecified atom stereocenters. The summed E-state index contributed by atoms with van der Waals surface area (Å²) in [6.07, 6.45) is 0.768. The molecule has 1 atom stereocenters. The maximum absolute atomic E-state index is 12.8. The average molecular weight is 416 g/mol. The number of amides is 2. The highest BCUT2D eigenvalue weighted by atomic mass is 35.5. The van der Waals surface area contributed by atoms with Crippen LogP contribution in [0.1, 0.15) is 18.9 Å². The van der Waals surface area contributed by atoms with E-state index in [0.29, 0.717) is 35.3 Å². The predicted octanol–water partition coefficient (Wildman–Crippen LogP) is 3.73. The fourth-order valence-corrected chi connectivity index (χ4v) is 3.81. The van der Waals surface area contributed by atoms with Gasteiger partial charge < -0.3 is 10.2 Å². The van der Waals surface area contributed by atoms with Crippen molar-refractivity contribution in [2.75, 3.05) is 18.4 Å². The lowest BCUT2D eigenvalue weighted by Gasteiger charge is -2.23. The normalized spacial score (nSPS) is 16.6. The second-order valence-electron chi connectivity index (χ2n) is 6.57. The number of para-hydroxylation sites is 1.